The number of nitrogens with zero attached hydrogens (tertiary/aromatic N) is 1. The molecule has 0 amide bonds. The third kappa shape index (κ3) is 3.91. The predicted octanol–water partition coefficient (Wildman–Crippen LogP) is 3.76. The molecule has 0 radical (unpaired) electrons. The molecule has 0 spiro atoms. The zero-order valence-electron chi connectivity index (χ0n) is 17.8. The van der Waals surface area contributed by atoms with E-state index in [-0.39, 0.29) is 29.3 Å². The summed E-state index contributed by atoms with van der Waals surface area (Å²) in [6.45, 7) is 0.282. The van der Waals surface area contributed by atoms with E-state index in [9.17, 15) is 17.9 Å². The summed E-state index contributed by atoms with van der Waals surface area (Å²) in [6, 6.07) is 19.6. The standard InChI is InChI=1S/C26H23FN2O3S/c27-23-9-5-4-6-19(23)12-10-18-11-13-24-22(16-18)26-21(25(17-30)28-24)14-15-29(26)33(31,32)20-7-2-1-3-8-20/h1-9,11,13,16,21,25-26,28,30H,14-15,17H2/t21-,25-,26-/m0/s1. The Morgan fingerprint density at radius 3 is 2.55 bits per heavy atom. The van der Waals surface area contributed by atoms with Gasteiger partial charge in [-0.3, -0.25) is 0 Å². The first-order valence-electron chi connectivity index (χ1n) is 10.8. The van der Waals surface area contributed by atoms with Crippen LogP contribution in [0.5, 0.6) is 0 Å². The van der Waals surface area contributed by atoms with E-state index < -0.39 is 16.1 Å². The van der Waals surface area contributed by atoms with Gasteiger partial charge >= 0.3 is 0 Å². The van der Waals surface area contributed by atoms with Crippen LogP contribution in [-0.4, -0.2) is 37.0 Å². The van der Waals surface area contributed by atoms with Gasteiger partial charge in [0.05, 0.1) is 29.1 Å². The van der Waals surface area contributed by atoms with Gasteiger partial charge in [-0.25, -0.2) is 12.8 Å². The van der Waals surface area contributed by atoms with Crippen molar-refractivity contribution in [2.45, 2.75) is 23.4 Å². The van der Waals surface area contributed by atoms with Crippen LogP contribution in [0.4, 0.5) is 10.1 Å². The Labute approximate surface area is 192 Å². The monoisotopic (exact) mass is 462 g/mol. The first-order chi connectivity index (χ1) is 16.0. The van der Waals surface area contributed by atoms with Crippen molar-refractivity contribution >= 4 is 15.7 Å². The van der Waals surface area contributed by atoms with Crippen molar-refractivity contribution in [2.75, 3.05) is 18.5 Å². The normalized spacial score (nSPS) is 21.9. The number of nitrogens with one attached hydrogen (secondary N) is 1. The minimum Gasteiger partial charge on any atom is -0.394 e. The highest BCUT2D eigenvalue weighted by molar-refractivity contribution is 7.89. The number of aliphatic hydroxyl groups is 1. The summed E-state index contributed by atoms with van der Waals surface area (Å²) < 4.78 is 42.5. The summed E-state index contributed by atoms with van der Waals surface area (Å²) in [5.41, 5.74) is 2.58. The van der Waals surface area contributed by atoms with Crippen LogP contribution in [0.15, 0.2) is 77.7 Å². The van der Waals surface area contributed by atoms with Crippen molar-refractivity contribution in [3.63, 3.8) is 0 Å². The van der Waals surface area contributed by atoms with Gasteiger partial charge in [0.15, 0.2) is 0 Å². The van der Waals surface area contributed by atoms with E-state index in [2.05, 4.69) is 17.2 Å². The summed E-state index contributed by atoms with van der Waals surface area (Å²) in [7, 11) is -3.72. The smallest absolute Gasteiger partial charge is 0.243 e. The Balaban J connectivity index is 1.57. The minimum absolute atomic E-state index is 0.0734. The van der Waals surface area contributed by atoms with E-state index in [1.807, 2.05) is 18.2 Å². The highest BCUT2D eigenvalue weighted by atomic mass is 32.2. The van der Waals surface area contributed by atoms with Gasteiger partial charge in [-0.1, -0.05) is 42.2 Å². The largest absolute Gasteiger partial charge is 0.394 e. The number of benzene rings is 3. The van der Waals surface area contributed by atoms with E-state index in [4.69, 9.17) is 0 Å². The summed E-state index contributed by atoms with van der Waals surface area (Å²) in [4.78, 5) is 0.252. The number of aliphatic hydroxyl groups excluding tert-OH is 1. The number of halogens is 1. The number of rotatable bonds is 3. The number of fused-ring (bicyclic) bond motifs is 3. The molecule has 2 heterocycles. The second kappa shape index (κ2) is 8.64. The van der Waals surface area contributed by atoms with Crippen molar-refractivity contribution < 1.29 is 17.9 Å². The lowest BCUT2D eigenvalue weighted by molar-refractivity contribution is 0.210. The molecule has 2 aliphatic heterocycles. The molecule has 1 saturated heterocycles. The molecule has 7 heteroatoms. The van der Waals surface area contributed by atoms with Crippen LogP contribution in [0.1, 0.15) is 29.2 Å². The Kier molecular flexibility index (Phi) is 5.67. The second-order valence-corrected chi connectivity index (χ2v) is 10.2. The predicted molar refractivity (Wildman–Crippen MR) is 125 cm³/mol. The first kappa shape index (κ1) is 21.7. The SMILES string of the molecule is O=S(=O)(c1ccccc1)N1CC[C@H]2[C@H](CO)Nc3ccc(C#Cc4ccccc4F)cc3[C@H]21. The van der Waals surface area contributed by atoms with Gasteiger partial charge in [-0.05, 0) is 54.4 Å². The van der Waals surface area contributed by atoms with Crippen LogP contribution in [0.2, 0.25) is 0 Å². The molecular formula is C26H23FN2O3S. The summed E-state index contributed by atoms with van der Waals surface area (Å²) >= 11 is 0. The second-order valence-electron chi connectivity index (χ2n) is 8.29. The quantitative estimate of drug-likeness (QED) is 0.582. The van der Waals surface area contributed by atoms with Gasteiger partial charge in [0, 0.05) is 23.7 Å². The number of sulfonamides is 1. The Morgan fingerprint density at radius 1 is 1.03 bits per heavy atom. The van der Waals surface area contributed by atoms with Crippen LogP contribution < -0.4 is 5.32 Å². The molecule has 5 nitrogen and oxygen atoms in total. The molecule has 0 unspecified atom stereocenters. The van der Waals surface area contributed by atoms with E-state index in [0.717, 1.165) is 11.3 Å². The number of hydrogen-bond donors (Lipinski definition) is 2. The van der Waals surface area contributed by atoms with Crippen molar-refractivity contribution in [1.29, 1.82) is 0 Å². The molecule has 1 fully saturated rings. The van der Waals surface area contributed by atoms with Gasteiger partial charge < -0.3 is 10.4 Å². The molecule has 2 aliphatic rings. The maximum atomic E-state index is 14.0. The van der Waals surface area contributed by atoms with Gasteiger partial charge in [-0.2, -0.15) is 4.31 Å². The van der Waals surface area contributed by atoms with Gasteiger partial charge in [0.25, 0.3) is 0 Å². The third-order valence-corrected chi connectivity index (χ3v) is 8.28. The average Bonchev–Trinajstić information content (AvgIpc) is 3.30. The topological polar surface area (TPSA) is 69.6 Å². The number of hydrogen-bond acceptors (Lipinski definition) is 4. The lowest BCUT2D eigenvalue weighted by Gasteiger charge is -2.38. The van der Waals surface area contributed by atoms with E-state index in [1.165, 1.54) is 6.07 Å². The van der Waals surface area contributed by atoms with Crippen molar-refractivity contribution in [3.05, 3.63) is 95.3 Å². The first-order valence-corrected chi connectivity index (χ1v) is 12.3. The maximum Gasteiger partial charge on any atom is 0.243 e. The molecule has 2 N–H and O–H groups in total. The zero-order valence-corrected chi connectivity index (χ0v) is 18.6. The molecule has 0 bridgehead atoms. The molecule has 3 atom stereocenters. The van der Waals surface area contributed by atoms with Crippen LogP contribution in [0, 0.1) is 23.6 Å². The van der Waals surface area contributed by atoms with Gasteiger partial charge in [-0.15, -0.1) is 0 Å². The minimum atomic E-state index is -3.72. The molecule has 5 rings (SSSR count). The van der Waals surface area contributed by atoms with Crippen molar-refractivity contribution in [2.24, 2.45) is 5.92 Å². The van der Waals surface area contributed by atoms with Crippen molar-refractivity contribution in [3.8, 4) is 11.8 Å². The molecule has 3 aromatic rings. The fourth-order valence-electron chi connectivity index (χ4n) is 4.80. The summed E-state index contributed by atoms with van der Waals surface area (Å²) in [5, 5.41) is 13.3. The third-order valence-electron chi connectivity index (χ3n) is 6.39. The lowest BCUT2D eigenvalue weighted by Crippen LogP contribution is -2.42. The van der Waals surface area contributed by atoms with E-state index >= 15 is 0 Å². The molecule has 33 heavy (non-hydrogen) atoms. The van der Waals surface area contributed by atoms with Crippen LogP contribution in [-0.2, 0) is 10.0 Å². The maximum absolute atomic E-state index is 14.0. The fourth-order valence-corrected chi connectivity index (χ4v) is 6.48. The molecular weight excluding hydrogens is 439 g/mol. The van der Waals surface area contributed by atoms with Crippen molar-refractivity contribution in [1.82, 2.24) is 4.31 Å². The highest BCUT2D eigenvalue weighted by Gasteiger charge is 2.48. The Hall–Kier alpha value is -3.18. The molecule has 0 saturated carbocycles. The number of anilines is 1. The van der Waals surface area contributed by atoms with E-state index in [0.29, 0.717) is 24.1 Å². The van der Waals surface area contributed by atoms with Crippen LogP contribution in [0.25, 0.3) is 0 Å². The molecule has 168 valence electrons. The summed E-state index contributed by atoms with van der Waals surface area (Å²) in [6.07, 6.45) is 0.638. The van der Waals surface area contributed by atoms with Crippen LogP contribution in [0.3, 0.4) is 0 Å². The van der Waals surface area contributed by atoms with Gasteiger partial charge in [0.1, 0.15) is 5.82 Å². The highest BCUT2D eigenvalue weighted by Crippen LogP contribution is 2.48. The zero-order chi connectivity index (χ0) is 23.0. The average molecular weight is 463 g/mol. The summed E-state index contributed by atoms with van der Waals surface area (Å²) in [5.74, 6) is 5.42. The lowest BCUT2D eigenvalue weighted by atomic mass is 9.83. The Bertz CT molecular complexity index is 1350. The molecule has 0 aliphatic carbocycles. The van der Waals surface area contributed by atoms with Gasteiger partial charge in [0.2, 0.25) is 10.0 Å². The molecule has 3 aromatic carbocycles. The van der Waals surface area contributed by atoms with Crippen LogP contribution >= 0.6 is 0 Å². The fraction of sp³-hybridized carbons (Fsp3) is 0.231. The van der Waals surface area contributed by atoms with E-state index in [1.54, 1.807) is 52.8 Å². The molecule has 0 aromatic heterocycles. The Morgan fingerprint density at radius 2 is 1.79 bits per heavy atom.